The minimum absolute atomic E-state index is 0.393. The number of amides is 1. The summed E-state index contributed by atoms with van der Waals surface area (Å²) < 4.78 is 1.12. The van der Waals surface area contributed by atoms with Crippen LogP contribution in [0.15, 0.2) is 24.3 Å². The van der Waals surface area contributed by atoms with Gasteiger partial charge >= 0.3 is 0 Å². The van der Waals surface area contributed by atoms with E-state index in [-0.39, 0.29) is 0 Å². The van der Waals surface area contributed by atoms with Crippen molar-refractivity contribution in [2.24, 2.45) is 0 Å². The van der Waals surface area contributed by atoms with Gasteiger partial charge in [-0.25, -0.2) is 0 Å². The second kappa shape index (κ2) is 18.0. The Morgan fingerprint density at radius 1 is 0.771 bits per heavy atom. The zero-order chi connectivity index (χ0) is 25.2. The number of piperazine rings is 1. The Bertz CT molecular complexity index is 678. The molecule has 1 aromatic rings. The summed E-state index contributed by atoms with van der Waals surface area (Å²) in [7, 11) is 0. The van der Waals surface area contributed by atoms with Crippen LogP contribution in [0.3, 0.4) is 0 Å². The van der Waals surface area contributed by atoms with E-state index in [0.29, 0.717) is 5.91 Å². The fourth-order valence-corrected chi connectivity index (χ4v) is 5.73. The average molecular weight is 486 g/mol. The average Bonchev–Trinajstić information content (AvgIpc) is 2.86. The van der Waals surface area contributed by atoms with Gasteiger partial charge in [0.1, 0.15) is 6.54 Å². The maximum Gasteiger partial charge on any atom is 0.222 e. The highest BCUT2D eigenvalue weighted by Gasteiger charge is 2.33. The van der Waals surface area contributed by atoms with Gasteiger partial charge in [-0.05, 0) is 20.3 Å². The van der Waals surface area contributed by atoms with Crippen molar-refractivity contribution in [1.29, 1.82) is 0 Å². The van der Waals surface area contributed by atoms with E-state index in [1.807, 2.05) is 0 Å². The molecule has 35 heavy (non-hydrogen) atoms. The number of quaternary nitrogens is 1. The molecule has 3 nitrogen and oxygen atoms in total. The van der Waals surface area contributed by atoms with Crippen molar-refractivity contribution < 1.29 is 9.28 Å². The van der Waals surface area contributed by atoms with Crippen molar-refractivity contribution in [3.8, 4) is 0 Å². The lowest BCUT2D eigenvalue weighted by Gasteiger charge is -2.44. The van der Waals surface area contributed by atoms with Gasteiger partial charge in [-0.3, -0.25) is 4.79 Å². The lowest BCUT2D eigenvalue weighted by atomic mass is 10.0. The Kier molecular flexibility index (Phi) is 15.3. The monoisotopic (exact) mass is 485 g/mol. The molecule has 1 saturated heterocycles. The smallest absolute Gasteiger partial charge is 0.222 e. The van der Waals surface area contributed by atoms with Gasteiger partial charge in [0.25, 0.3) is 0 Å². The highest BCUT2D eigenvalue weighted by Crippen LogP contribution is 2.20. The summed E-state index contributed by atoms with van der Waals surface area (Å²) in [4.78, 5) is 14.9. The molecular weight excluding hydrogens is 428 g/mol. The maximum absolute atomic E-state index is 12.8. The number of likely N-dealkylation sites (N-methyl/N-ethyl adjacent to an activating group) is 1. The first-order valence-corrected chi connectivity index (χ1v) is 15.3. The van der Waals surface area contributed by atoms with Gasteiger partial charge in [-0.15, -0.1) is 0 Å². The van der Waals surface area contributed by atoms with E-state index in [0.717, 1.165) is 56.6 Å². The van der Waals surface area contributed by atoms with Gasteiger partial charge in [-0.1, -0.05) is 127 Å². The normalized spacial score (nSPS) is 15.5. The summed E-state index contributed by atoms with van der Waals surface area (Å²) in [5.74, 6) is 0.393. The number of rotatable bonds is 19. The summed E-state index contributed by atoms with van der Waals surface area (Å²) in [5, 5.41) is 0. The molecule has 1 fully saturated rings. The molecule has 1 aliphatic heterocycles. The quantitative estimate of drug-likeness (QED) is 0.142. The molecule has 0 N–H and O–H groups in total. The van der Waals surface area contributed by atoms with Gasteiger partial charge < -0.3 is 9.38 Å². The predicted octanol–water partition coefficient (Wildman–Crippen LogP) is 8.44. The molecule has 0 bridgehead atoms. The molecule has 1 aromatic carbocycles. The molecule has 1 aliphatic rings. The van der Waals surface area contributed by atoms with E-state index >= 15 is 0 Å². The molecule has 0 radical (unpaired) electrons. The first kappa shape index (κ1) is 29.9. The van der Waals surface area contributed by atoms with Crippen LogP contribution < -0.4 is 0 Å². The van der Waals surface area contributed by atoms with E-state index in [1.165, 1.54) is 101 Å². The van der Waals surface area contributed by atoms with Gasteiger partial charge in [0.15, 0.2) is 0 Å². The largest absolute Gasteiger partial charge is 0.331 e. The summed E-state index contributed by atoms with van der Waals surface area (Å²) in [6, 6.07) is 8.93. The minimum Gasteiger partial charge on any atom is -0.331 e. The number of hydrogen-bond donors (Lipinski definition) is 0. The first-order valence-electron chi connectivity index (χ1n) is 15.3. The number of benzene rings is 1. The minimum atomic E-state index is 0.393. The second-order valence-corrected chi connectivity index (χ2v) is 11.3. The summed E-state index contributed by atoms with van der Waals surface area (Å²) in [6.07, 6.45) is 21.3. The van der Waals surface area contributed by atoms with Crippen LogP contribution in [0.25, 0.3) is 0 Å². The molecule has 0 aliphatic carbocycles. The number of aryl methyl sites for hydroxylation is 1. The molecule has 1 amide bonds. The fourth-order valence-electron chi connectivity index (χ4n) is 5.73. The Morgan fingerprint density at radius 3 is 1.77 bits per heavy atom. The van der Waals surface area contributed by atoms with Crippen LogP contribution in [0.5, 0.6) is 0 Å². The Hall–Kier alpha value is -1.35. The zero-order valence-electron chi connectivity index (χ0n) is 23.7. The highest BCUT2D eigenvalue weighted by molar-refractivity contribution is 5.76. The summed E-state index contributed by atoms with van der Waals surface area (Å²) in [5.41, 5.74) is 2.78. The highest BCUT2D eigenvalue weighted by atomic mass is 16.2. The zero-order valence-corrected chi connectivity index (χ0v) is 23.7. The van der Waals surface area contributed by atoms with Crippen molar-refractivity contribution >= 4 is 5.91 Å². The Labute approximate surface area is 218 Å². The molecule has 0 unspecified atom stereocenters. The molecule has 0 spiro atoms. The SMILES string of the molecule is CCCCCCCCCCCCCCCCCC(=O)N1CC[N+](CC)(Cc2cccc(C)c2)CC1. The van der Waals surface area contributed by atoms with Crippen LogP contribution in [0, 0.1) is 6.92 Å². The van der Waals surface area contributed by atoms with Crippen LogP contribution in [-0.4, -0.2) is 48.0 Å². The number of carbonyl (C=O) groups is 1. The van der Waals surface area contributed by atoms with Crippen molar-refractivity contribution in [3.05, 3.63) is 35.4 Å². The summed E-state index contributed by atoms with van der Waals surface area (Å²) in [6.45, 7) is 13.1. The van der Waals surface area contributed by atoms with Crippen molar-refractivity contribution in [1.82, 2.24) is 4.90 Å². The topological polar surface area (TPSA) is 20.3 Å². The Morgan fingerprint density at radius 2 is 1.29 bits per heavy atom. The molecule has 0 atom stereocenters. The lowest BCUT2D eigenvalue weighted by Crippen LogP contribution is -2.59. The first-order chi connectivity index (χ1) is 17.1. The van der Waals surface area contributed by atoms with E-state index < -0.39 is 0 Å². The summed E-state index contributed by atoms with van der Waals surface area (Å²) >= 11 is 0. The number of hydrogen-bond acceptors (Lipinski definition) is 1. The van der Waals surface area contributed by atoms with Crippen molar-refractivity contribution in [3.63, 3.8) is 0 Å². The van der Waals surface area contributed by atoms with Crippen LogP contribution in [-0.2, 0) is 11.3 Å². The van der Waals surface area contributed by atoms with Gasteiger partial charge in [0.05, 0.1) is 32.7 Å². The van der Waals surface area contributed by atoms with Crippen LogP contribution in [0.1, 0.15) is 128 Å². The lowest BCUT2D eigenvalue weighted by molar-refractivity contribution is -0.942. The van der Waals surface area contributed by atoms with Crippen LogP contribution in [0.4, 0.5) is 0 Å². The van der Waals surface area contributed by atoms with Crippen molar-refractivity contribution in [2.75, 3.05) is 32.7 Å². The Balaban J connectivity index is 1.46. The van der Waals surface area contributed by atoms with E-state index in [2.05, 4.69) is 49.9 Å². The molecule has 0 saturated carbocycles. The molecule has 0 aromatic heterocycles. The molecule has 1 heterocycles. The van der Waals surface area contributed by atoms with Gasteiger partial charge in [0, 0.05) is 12.0 Å². The van der Waals surface area contributed by atoms with Crippen LogP contribution >= 0.6 is 0 Å². The van der Waals surface area contributed by atoms with Gasteiger partial charge in [0.2, 0.25) is 5.91 Å². The second-order valence-electron chi connectivity index (χ2n) is 11.3. The molecule has 2 rings (SSSR count). The van der Waals surface area contributed by atoms with E-state index in [9.17, 15) is 4.79 Å². The van der Waals surface area contributed by atoms with Crippen LogP contribution in [0.2, 0.25) is 0 Å². The van der Waals surface area contributed by atoms with Crippen molar-refractivity contribution in [2.45, 2.75) is 130 Å². The third-order valence-electron chi connectivity index (χ3n) is 8.31. The molecular formula is C32H57N2O+. The standard InChI is InChI=1S/C32H57N2O/c1-4-6-7-8-9-10-11-12-13-14-15-16-17-18-19-23-32(35)33-24-26-34(5-2,27-25-33)29-31-22-20-21-30(3)28-31/h20-22,28H,4-19,23-27,29H2,1-3H3/q+1. The fraction of sp³-hybridized carbons (Fsp3) is 0.781. The number of unbranched alkanes of at least 4 members (excludes halogenated alkanes) is 14. The van der Waals surface area contributed by atoms with E-state index in [1.54, 1.807) is 0 Å². The maximum atomic E-state index is 12.8. The van der Waals surface area contributed by atoms with E-state index in [4.69, 9.17) is 0 Å². The number of carbonyl (C=O) groups excluding carboxylic acids is 1. The predicted molar refractivity (Wildman–Crippen MR) is 152 cm³/mol. The molecule has 3 heteroatoms. The van der Waals surface area contributed by atoms with Gasteiger partial charge in [-0.2, -0.15) is 0 Å². The molecule has 200 valence electrons. The number of nitrogens with zero attached hydrogens (tertiary/aromatic N) is 2. The third kappa shape index (κ3) is 12.4. The third-order valence-corrected chi connectivity index (χ3v) is 8.31.